The molecule has 0 bridgehead atoms. The standard InChI is InChI=1S/C19H26N2O3/c1-14(2)13-24-17-8-7-16(11-15(17)12-20)21-18(22)19(23-3)9-5-4-6-10-19/h7-8,11,14H,4-6,9-10,13H2,1-3H3,(H,21,22). The molecule has 0 saturated heterocycles. The third-order valence-corrected chi connectivity index (χ3v) is 4.40. The Kier molecular flexibility index (Phi) is 6.22. The summed E-state index contributed by atoms with van der Waals surface area (Å²) in [6.07, 6.45) is 4.59. The number of ether oxygens (including phenoxy) is 2. The molecule has 0 aromatic heterocycles. The minimum Gasteiger partial charge on any atom is -0.492 e. The number of hydrogen-bond acceptors (Lipinski definition) is 4. The predicted molar refractivity (Wildman–Crippen MR) is 92.9 cm³/mol. The molecule has 24 heavy (non-hydrogen) atoms. The van der Waals surface area contributed by atoms with Gasteiger partial charge in [0.05, 0.1) is 12.2 Å². The zero-order valence-corrected chi connectivity index (χ0v) is 14.7. The summed E-state index contributed by atoms with van der Waals surface area (Å²) in [6, 6.07) is 7.28. The van der Waals surface area contributed by atoms with Crippen LogP contribution in [0.3, 0.4) is 0 Å². The number of carbonyl (C=O) groups excluding carboxylic acids is 1. The molecule has 0 unspecified atom stereocenters. The summed E-state index contributed by atoms with van der Waals surface area (Å²) in [4.78, 5) is 12.7. The smallest absolute Gasteiger partial charge is 0.256 e. The molecule has 1 aromatic rings. The van der Waals surface area contributed by atoms with Crippen molar-refractivity contribution in [3.8, 4) is 11.8 Å². The number of benzene rings is 1. The van der Waals surface area contributed by atoms with Crippen LogP contribution in [0.1, 0.15) is 51.5 Å². The van der Waals surface area contributed by atoms with E-state index in [1.165, 1.54) is 0 Å². The molecule has 0 atom stereocenters. The fourth-order valence-electron chi connectivity index (χ4n) is 2.97. The maximum Gasteiger partial charge on any atom is 0.256 e. The highest BCUT2D eigenvalue weighted by molar-refractivity contribution is 5.97. The summed E-state index contributed by atoms with van der Waals surface area (Å²) in [6.45, 7) is 4.65. The maximum absolute atomic E-state index is 12.7. The SMILES string of the molecule is COC1(C(=O)Nc2ccc(OCC(C)C)c(C#N)c2)CCCCC1. The number of carbonyl (C=O) groups is 1. The van der Waals surface area contributed by atoms with E-state index in [-0.39, 0.29) is 5.91 Å². The number of methoxy groups -OCH3 is 1. The number of hydrogen-bond donors (Lipinski definition) is 1. The summed E-state index contributed by atoms with van der Waals surface area (Å²) >= 11 is 0. The molecule has 1 aliphatic rings. The molecule has 0 spiro atoms. The molecular weight excluding hydrogens is 304 g/mol. The Hall–Kier alpha value is -2.06. The summed E-state index contributed by atoms with van der Waals surface area (Å²) in [7, 11) is 1.59. The van der Waals surface area contributed by atoms with Crippen molar-refractivity contribution in [2.45, 2.75) is 51.6 Å². The molecule has 130 valence electrons. The van der Waals surface area contributed by atoms with Crippen molar-refractivity contribution in [2.75, 3.05) is 19.0 Å². The molecule has 1 aliphatic carbocycles. The van der Waals surface area contributed by atoms with Crippen LogP contribution in [-0.4, -0.2) is 25.2 Å². The first kappa shape index (κ1) is 18.3. The van der Waals surface area contributed by atoms with Crippen LogP contribution >= 0.6 is 0 Å². The summed E-state index contributed by atoms with van der Waals surface area (Å²) in [5, 5.41) is 12.2. The van der Waals surface area contributed by atoms with Crippen molar-refractivity contribution in [2.24, 2.45) is 5.92 Å². The fraction of sp³-hybridized carbons (Fsp3) is 0.579. The van der Waals surface area contributed by atoms with Crippen LogP contribution < -0.4 is 10.1 Å². The molecule has 2 rings (SSSR count). The Labute approximate surface area is 144 Å². The molecule has 0 aliphatic heterocycles. The van der Waals surface area contributed by atoms with Gasteiger partial charge >= 0.3 is 0 Å². The van der Waals surface area contributed by atoms with E-state index in [0.29, 0.717) is 29.5 Å². The van der Waals surface area contributed by atoms with E-state index in [2.05, 4.69) is 25.2 Å². The molecule has 0 heterocycles. The Balaban J connectivity index is 2.12. The van der Waals surface area contributed by atoms with Gasteiger partial charge in [0.1, 0.15) is 17.4 Å². The van der Waals surface area contributed by atoms with Gasteiger partial charge in [0.2, 0.25) is 0 Å². The highest BCUT2D eigenvalue weighted by atomic mass is 16.5. The quantitative estimate of drug-likeness (QED) is 0.859. The van der Waals surface area contributed by atoms with Crippen LogP contribution in [0.15, 0.2) is 18.2 Å². The van der Waals surface area contributed by atoms with Crippen LogP contribution in [0.5, 0.6) is 5.75 Å². The molecule has 1 N–H and O–H groups in total. The molecule has 1 saturated carbocycles. The van der Waals surface area contributed by atoms with Gasteiger partial charge in [0, 0.05) is 12.8 Å². The largest absolute Gasteiger partial charge is 0.492 e. The zero-order valence-electron chi connectivity index (χ0n) is 14.7. The second-order valence-corrected chi connectivity index (χ2v) is 6.74. The third kappa shape index (κ3) is 4.27. The topological polar surface area (TPSA) is 71.3 Å². The number of rotatable bonds is 6. The van der Waals surface area contributed by atoms with E-state index in [1.54, 1.807) is 25.3 Å². The Bertz CT molecular complexity index is 614. The van der Waals surface area contributed by atoms with Crippen molar-refractivity contribution >= 4 is 11.6 Å². The first-order chi connectivity index (χ1) is 11.5. The van der Waals surface area contributed by atoms with Gasteiger partial charge in [-0.1, -0.05) is 33.1 Å². The zero-order chi connectivity index (χ0) is 17.6. The average Bonchev–Trinajstić information content (AvgIpc) is 2.60. The van der Waals surface area contributed by atoms with Gasteiger partial charge < -0.3 is 14.8 Å². The minimum absolute atomic E-state index is 0.135. The second-order valence-electron chi connectivity index (χ2n) is 6.74. The summed E-state index contributed by atoms with van der Waals surface area (Å²) in [5.41, 5.74) is 0.261. The highest BCUT2D eigenvalue weighted by Crippen LogP contribution is 2.33. The van der Waals surface area contributed by atoms with Crippen molar-refractivity contribution in [3.05, 3.63) is 23.8 Å². The Morgan fingerprint density at radius 2 is 2.04 bits per heavy atom. The highest BCUT2D eigenvalue weighted by Gasteiger charge is 2.39. The van der Waals surface area contributed by atoms with E-state index in [1.807, 2.05) is 0 Å². The van der Waals surface area contributed by atoms with Crippen LogP contribution in [-0.2, 0) is 9.53 Å². The van der Waals surface area contributed by atoms with Gasteiger partial charge in [0.25, 0.3) is 5.91 Å². The number of nitrogens with one attached hydrogen (secondary N) is 1. The molecule has 5 heteroatoms. The van der Waals surface area contributed by atoms with Crippen molar-refractivity contribution < 1.29 is 14.3 Å². The van der Waals surface area contributed by atoms with E-state index < -0.39 is 5.60 Å². The molecule has 1 fully saturated rings. The third-order valence-electron chi connectivity index (χ3n) is 4.40. The normalized spacial score (nSPS) is 16.5. The fourth-order valence-corrected chi connectivity index (χ4v) is 2.97. The second kappa shape index (κ2) is 8.16. The maximum atomic E-state index is 12.7. The van der Waals surface area contributed by atoms with Crippen molar-refractivity contribution in [1.82, 2.24) is 0 Å². The van der Waals surface area contributed by atoms with Gasteiger partial charge in [-0.15, -0.1) is 0 Å². The average molecular weight is 330 g/mol. The van der Waals surface area contributed by atoms with Gasteiger partial charge in [-0.05, 0) is 37.0 Å². The summed E-state index contributed by atoms with van der Waals surface area (Å²) in [5.74, 6) is 0.788. The number of amides is 1. The van der Waals surface area contributed by atoms with Crippen LogP contribution in [0.25, 0.3) is 0 Å². The lowest BCUT2D eigenvalue weighted by molar-refractivity contribution is -0.141. The molecule has 1 amide bonds. The lowest BCUT2D eigenvalue weighted by Gasteiger charge is -2.34. The lowest BCUT2D eigenvalue weighted by atomic mass is 9.84. The van der Waals surface area contributed by atoms with Gasteiger partial charge in [-0.25, -0.2) is 0 Å². The molecule has 5 nitrogen and oxygen atoms in total. The first-order valence-electron chi connectivity index (χ1n) is 8.54. The summed E-state index contributed by atoms with van der Waals surface area (Å²) < 4.78 is 11.2. The van der Waals surface area contributed by atoms with E-state index in [0.717, 1.165) is 32.1 Å². The van der Waals surface area contributed by atoms with Crippen molar-refractivity contribution in [3.63, 3.8) is 0 Å². The van der Waals surface area contributed by atoms with E-state index >= 15 is 0 Å². The lowest BCUT2D eigenvalue weighted by Crippen LogP contribution is -2.46. The Morgan fingerprint density at radius 3 is 2.62 bits per heavy atom. The van der Waals surface area contributed by atoms with Gasteiger partial charge in [-0.2, -0.15) is 5.26 Å². The first-order valence-corrected chi connectivity index (χ1v) is 8.54. The Morgan fingerprint density at radius 1 is 1.33 bits per heavy atom. The predicted octanol–water partition coefficient (Wildman–Crippen LogP) is 3.88. The number of nitriles is 1. The van der Waals surface area contributed by atoms with Gasteiger partial charge in [-0.3, -0.25) is 4.79 Å². The molecule has 1 aromatic carbocycles. The molecule has 0 radical (unpaired) electrons. The van der Waals surface area contributed by atoms with Crippen LogP contribution in [0, 0.1) is 17.2 Å². The minimum atomic E-state index is -0.752. The monoisotopic (exact) mass is 330 g/mol. The van der Waals surface area contributed by atoms with Crippen LogP contribution in [0.2, 0.25) is 0 Å². The molecular formula is C19H26N2O3. The number of nitrogens with zero attached hydrogens (tertiary/aromatic N) is 1. The van der Waals surface area contributed by atoms with E-state index in [4.69, 9.17) is 9.47 Å². The number of anilines is 1. The van der Waals surface area contributed by atoms with Crippen LogP contribution in [0.4, 0.5) is 5.69 Å². The van der Waals surface area contributed by atoms with Crippen molar-refractivity contribution in [1.29, 1.82) is 5.26 Å². The van der Waals surface area contributed by atoms with E-state index in [9.17, 15) is 10.1 Å². The van der Waals surface area contributed by atoms with Gasteiger partial charge in [0.15, 0.2) is 0 Å².